The molecule has 1 saturated heterocycles. The molecule has 2 fully saturated rings. The summed E-state index contributed by atoms with van der Waals surface area (Å²) in [7, 11) is -3.09. The highest BCUT2D eigenvalue weighted by molar-refractivity contribution is 7.91. The number of rotatable bonds is 4. The average molecular weight is 428 g/mol. The van der Waals surface area contributed by atoms with Crippen LogP contribution < -0.4 is 5.32 Å². The maximum atomic E-state index is 13.4. The highest BCUT2D eigenvalue weighted by Gasteiger charge is 2.33. The number of sulfone groups is 1. The molecule has 1 unspecified atom stereocenters. The molecule has 0 bridgehead atoms. The number of aryl methyl sites for hydroxylation is 1. The number of amides is 1. The van der Waals surface area contributed by atoms with Gasteiger partial charge in [0.2, 0.25) is 0 Å². The van der Waals surface area contributed by atoms with Crippen molar-refractivity contribution in [2.45, 2.75) is 38.3 Å². The highest BCUT2D eigenvalue weighted by Crippen LogP contribution is 2.32. The monoisotopic (exact) mass is 428 g/mol. The largest absolute Gasteiger partial charge is 0.348 e. The van der Waals surface area contributed by atoms with Crippen molar-refractivity contribution in [2.24, 2.45) is 0 Å². The van der Waals surface area contributed by atoms with Crippen molar-refractivity contribution in [2.75, 3.05) is 11.5 Å². The predicted molar refractivity (Wildman–Crippen MR) is 110 cm³/mol. The van der Waals surface area contributed by atoms with Gasteiger partial charge in [-0.15, -0.1) is 0 Å². The second-order valence-corrected chi connectivity index (χ2v) is 10.3. The number of fused-ring (bicyclic) bond motifs is 1. The van der Waals surface area contributed by atoms with Crippen molar-refractivity contribution < 1.29 is 17.6 Å². The number of nitrogens with one attached hydrogen (secondary N) is 1. The van der Waals surface area contributed by atoms with E-state index < -0.39 is 9.84 Å². The minimum absolute atomic E-state index is 0.0527. The molecule has 1 saturated carbocycles. The van der Waals surface area contributed by atoms with Gasteiger partial charge >= 0.3 is 0 Å². The summed E-state index contributed by atoms with van der Waals surface area (Å²) in [5.74, 6) is 0.183. The normalized spacial score (nSPS) is 20.5. The van der Waals surface area contributed by atoms with E-state index in [-0.39, 0.29) is 41.0 Å². The molecule has 3 aromatic rings. The van der Waals surface area contributed by atoms with Crippen molar-refractivity contribution in [3.8, 4) is 11.3 Å². The minimum atomic E-state index is -3.09. The Kier molecular flexibility index (Phi) is 4.39. The summed E-state index contributed by atoms with van der Waals surface area (Å²) in [5, 5.41) is 2.95. The molecule has 30 heavy (non-hydrogen) atoms. The molecular weight excluding hydrogens is 407 g/mol. The van der Waals surface area contributed by atoms with Gasteiger partial charge in [-0.25, -0.2) is 22.8 Å². The molecule has 1 aliphatic heterocycles. The van der Waals surface area contributed by atoms with E-state index >= 15 is 0 Å². The number of imidazole rings is 1. The molecule has 2 aromatic heterocycles. The first-order valence-electron chi connectivity index (χ1n) is 9.97. The van der Waals surface area contributed by atoms with Gasteiger partial charge in [0.05, 0.1) is 28.8 Å². The lowest BCUT2D eigenvalue weighted by atomic mass is 10.1. The zero-order chi connectivity index (χ0) is 21.0. The summed E-state index contributed by atoms with van der Waals surface area (Å²) < 4.78 is 39.4. The van der Waals surface area contributed by atoms with Crippen LogP contribution in [-0.2, 0) is 9.84 Å². The first-order valence-corrected chi connectivity index (χ1v) is 11.8. The lowest BCUT2D eigenvalue weighted by molar-refractivity contribution is 0.0948. The van der Waals surface area contributed by atoms with Gasteiger partial charge in [-0.1, -0.05) is 0 Å². The Hall–Kier alpha value is -2.81. The van der Waals surface area contributed by atoms with E-state index in [2.05, 4.69) is 15.3 Å². The van der Waals surface area contributed by atoms with Crippen LogP contribution >= 0.6 is 0 Å². The molecule has 0 radical (unpaired) electrons. The number of hydrogen-bond donors (Lipinski definition) is 1. The van der Waals surface area contributed by atoms with Gasteiger partial charge in [0.1, 0.15) is 17.2 Å². The molecule has 2 aliphatic rings. The Bertz CT molecular complexity index is 1260. The van der Waals surface area contributed by atoms with Crippen molar-refractivity contribution in [1.82, 2.24) is 19.9 Å². The van der Waals surface area contributed by atoms with E-state index in [4.69, 9.17) is 0 Å². The SMILES string of the molecule is Cc1nc2c(C(=O)NC3CC3)nc(-c3ccc(F)cc3)cc2n1C1CCS(=O)(=O)C1. The number of nitrogens with zero attached hydrogens (tertiary/aromatic N) is 3. The van der Waals surface area contributed by atoms with Gasteiger partial charge in [0, 0.05) is 11.6 Å². The van der Waals surface area contributed by atoms with E-state index in [1.54, 1.807) is 18.2 Å². The summed E-state index contributed by atoms with van der Waals surface area (Å²) in [5.41, 5.74) is 2.53. The van der Waals surface area contributed by atoms with Gasteiger partial charge in [0.15, 0.2) is 15.5 Å². The van der Waals surface area contributed by atoms with Crippen molar-refractivity contribution in [1.29, 1.82) is 0 Å². The van der Waals surface area contributed by atoms with Gasteiger partial charge in [-0.2, -0.15) is 0 Å². The Morgan fingerprint density at radius 3 is 2.53 bits per heavy atom. The van der Waals surface area contributed by atoms with Crippen LogP contribution in [0.3, 0.4) is 0 Å². The molecule has 1 amide bonds. The summed E-state index contributed by atoms with van der Waals surface area (Å²) in [4.78, 5) is 22.1. The Morgan fingerprint density at radius 1 is 1.17 bits per heavy atom. The van der Waals surface area contributed by atoms with E-state index in [1.165, 1.54) is 12.1 Å². The second kappa shape index (κ2) is 6.87. The van der Waals surface area contributed by atoms with Crippen LogP contribution in [0.25, 0.3) is 22.3 Å². The van der Waals surface area contributed by atoms with Crippen LogP contribution in [0.1, 0.15) is 41.6 Å². The van der Waals surface area contributed by atoms with Crippen LogP contribution in [0.2, 0.25) is 0 Å². The molecule has 156 valence electrons. The molecule has 1 aliphatic carbocycles. The summed E-state index contributed by atoms with van der Waals surface area (Å²) in [6.07, 6.45) is 2.40. The number of carbonyl (C=O) groups is 1. The lowest BCUT2D eigenvalue weighted by Crippen LogP contribution is -2.26. The minimum Gasteiger partial charge on any atom is -0.348 e. The van der Waals surface area contributed by atoms with Crippen LogP contribution in [0, 0.1) is 12.7 Å². The number of pyridine rings is 1. The van der Waals surface area contributed by atoms with E-state index in [9.17, 15) is 17.6 Å². The third-order valence-corrected chi connectivity index (χ3v) is 7.45. The highest BCUT2D eigenvalue weighted by atomic mass is 32.2. The number of halogens is 1. The van der Waals surface area contributed by atoms with Crippen LogP contribution in [-0.4, -0.2) is 46.4 Å². The van der Waals surface area contributed by atoms with E-state index in [0.717, 1.165) is 12.8 Å². The predicted octanol–water partition coefficient (Wildman–Crippen LogP) is 2.80. The van der Waals surface area contributed by atoms with Gasteiger partial charge in [-0.05, 0) is 56.5 Å². The van der Waals surface area contributed by atoms with Crippen LogP contribution in [0.4, 0.5) is 4.39 Å². The second-order valence-electron chi connectivity index (χ2n) is 8.06. The molecule has 1 aromatic carbocycles. The number of hydrogen-bond acceptors (Lipinski definition) is 5. The van der Waals surface area contributed by atoms with E-state index in [0.29, 0.717) is 34.5 Å². The quantitative estimate of drug-likeness (QED) is 0.690. The first kappa shape index (κ1) is 19.2. The maximum Gasteiger partial charge on any atom is 0.272 e. The third kappa shape index (κ3) is 3.47. The van der Waals surface area contributed by atoms with Gasteiger partial charge in [0.25, 0.3) is 5.91 Å². The Labute approximate surface area is 173 Å². The van der Waals surface area contributed by atoms with Crippen molar-refractivity contribution >= 4 is 26.8 Å². The molecule has 1 atom stereocenters. The van der Waals surface area contributed by atoms with Gasteiger partial charge < -0.3 is 9.88 Å². The Morgan fingerprint density at radius 2 is 1.90 bits per heavy atom. The zero-order valence-corrected chi connectivity index (χ0v) is 17.2. The van der Waals surface area contributed by atoms with Crippen molar-refractivity contribution in [3.05, 3.63) is 47.7 Å². The fourth-order valence-corrected chi connectivity index (χ4v) is 5.76. The number of aromatic nitrogens is 3. The number of benzene rings is 1. The van der Waals surface area contributed by atoms with Crippen LogP contribution in [0.5, 0.6) is 0 Å². The van der Waals surface area contributed by atoms with Crippen LogP contribution in [0.15, 0.2) is 30.3 Å². The fraction of sp³-hybridized carbons (Fsp3) is 0.381. The molecule has 0 spiro atoms. The average Bonchev–Trinajstić information content (AvgIpc) is 3.35. The summed E-state index contributed by atoms with van der Waals surface area (Å²) in [6.45, 7) is 1.81. The summed E-state index contributed by atoms with van der Waals surface area (Å²) >= 11 is 0. The van der Waals surface area contributed by atoms with Crippen molar-refractivity contribution in [3.63, 3.8) is 0 Å². The van der Waals surface area contributed by atoms with Gasteiger partial charge in [-0.3, -0.25) is 4.79 Å². The molecule has 1 N–H and O–H groups in total. The number of carbonyl (C=O) groups excluding carboxylic acids is 1. The molecular formula is C21H21FN4O3S. The third-order valence-electron chi connectivity index (χ3n) is 5.70. The molecule has 5 rings (SSSR count). The standard InChI is InChI=1S/C21H21FN4O3S/c1-12-23-19-18(26(12)16-8-9-30(28,29)11-16)10-17(13-2-4-14(22)5-3-13)25-20(19)21(27)24-15-6-7-15/h2-5,10,15-16H,6-9,11H2,1H3,(H,24,27). The molecule has 3 heterocycles. The summed E-state index contributed by atoms with van der Waals surface area (Å²) in [6, 6.07) is 7.64. The molecule has 9 heteroatoms. The maximum absolute atomic E-state index is 13.4. The smallest absolute Gasteiger partial charge is 0.272 e. The zero-order valence-electron chi connectivity index (χ0n) is 16.4. The topological polar surface area (TPSA) is 93.9 Å². The molecule has 7 nitrogen and oxygen atoms in total. The first-order chi connectivity index (χ1) is 14.3. The van der Waals surface area contributed by atoms with E-state index in [1.807, 2.05) is 11.5 Å². The Balaban J connectivity index is 1.70. The fourth-order valence-electron chi connectivity index (χ4n) is 4.06. The lowest BCUT2D eigenvalue weighted by Gasteiger charge is -2.14.